The molecule has 0 spiro atoms. The first-order valence-electron chi connectivity index (χ1n) is 9.73. The van der Waals surface area contributed by atoms with E-state index in [0.717, 1.165) is 0 Å². The zero-order valence-corrected chi connectivity index (χ0v) is 17.7. The van der Waals surface area contributed by atoms with Crippen LogP contribution < -0.4 is 14.2 Å². The highest BCUT2D eigenvalue weighted by Crippen LogP contribution is 2.29. The van der Waals surface area contributed by atoms with Gasteiger partial charge >= 0.3 is 0 Å². The molecule has 160 valence electrons. The lowest BCUT2D eigenvalue weighted by atomic mass is 10.1. The van der Waals surface area contributed by atoms with Gasteiger partial charge in [-0.25, -0.2) is 8.42 Å². The minimum atomic E-state index is -3.72. The largest absolute Gasteiger partial charge is 0.493 e. The SMILES string of the molecule is COc1ccccc1OC1CN(C(=O)c2cccc(NS(=O)(=O)c3ccccc3)c2)C1. The Hall–Kier alpha value is -3.52. The molecule has 3 aromatic carbocycles. The number of benzene rings is 3. The fourth-order valence-electron chi connectivity index (χ4n) is 3.29. The fourth-order valence-corrected chi connectivity index (χ4v) is 4.36. The number of likely N-dealkylation sites (tertiary alicyclic amines) is 1. The molecular weight excluding hydrogens is 416 g/mol. The van der Waals surface area contributed by atoms with Crippen LogP contribution in [0.2, 0.25) is 0 Å². The van der Waals surface area contributed by atoms with Gasteiger partial charge < -0.3 is 14.4 Å². The first kappa shape index (κ1) is 20.7. The molecule has 31 heavy (non-hydrogen) atoms. The molecule has 1 heterocycles. The van der Waals surface area contributed by atoms with Crippen molar-refractivity contribution in [1.82, 2.24) is 4.90 Å². The Kier molecular flexibility index (Phi) is 5.81. The van der Waals surface area contributed by atoms with Gasteiger partial charge in [-0.3, -0.25) is 9.52 Å². The third kappa shape index (κ3) is 4.64. The quantitative estimate of drug-likeness (QED) is 0.611. The molecule has 7 nitrogen and oxygen atoms in total. The number of hydrogen-bond donors (Lipinski definition) is 1. The second-order valence-corrected chi connectivity index (χ2v) is 8.78. The maximum absolute atomic E-state index is 12.8. The summed E-state index contributed by atoms with van der Waals surface area (Å²) in [6.07, 6.45) is -0.125. The Morgan fingerprint density at radius 3 is 2.32 bits per heavy atom. The lowest BCUT2D eigenvalue weighted by molar-refractivity contribution is 0.0169. The van der Waals surface area contributed by atoms with Crippen molar-refractivity contribution in [1.29, 1.82) is 0 Å². The second-order valence-electron chi connectivity index (χ2n) is 7.10. The van der Waals surface area contributed by atoms with Crippen LogP contribution in [-0.2, 0) is 10.0 Å². The number of carbonyl (C=O) groups excluding carboxylic acids is 1. The summed E-state index contributed by atoms with van der Waals surface area (Å²) in [4.78, 5) is 14.6. The second kappa shape index (κ2) is 8.69. The molecular formula is C23H22N2O5S. The summed E-state index contributed by atoms with van der Waals surface area (Å²) in [5, 5.41) is 0. The number of hydrogen-bond acceptors (Lipinski definition) is 5. The minimum Gasteiger partial charge on any atom is -0.493 e. The van der Waals surface area contributed by atoms with E-state index in [-0.39, 0.29) is 16.9 Å². The van der Waals surface area contributed by atoms with E-state index in [9.17, 15) is 13.2 Å². The molecule has 0 saturated carbocycles. The summed E-state index contributed by atoms with van der Waals surface area (Å²) in [6.45, 7) is 0.883. The summed E-state index contributed by atoms with van der Waals surface area (Å²) in [5.41, 5.74) is 0.737. The van der Waals surface area contributed by atoms with E-state index in [2.05, 4.69) is 4.72 Å². The van der Waals surface area contributed by atoms with Gasteiger partial charge in [0.2, 0.25) is 0 Å². The van der Waals surface area contributed by atoms with E-state index in [1.807, 2.05) is 24.3 Å². The Morgan fingerprint density at radius 1 is 0.935 bits per heavy atom. The molecule has 0 bridgehead atoms. The molecule has 3 aromatic rings. The molecule has 1 aliphatic heterocycles. The predicted octanol–water partition coefficient (Wildman–Crippen LogP) is 3.40. The Bertz CT molecular complexity index is 1180. The molecule has 0 aliphatic carbocycles. The maximum atomic E-state index is 12.8. The van der Waals surface area contributed by atoms with Crippen LogP contribution in [0, 0.1) is 0 Å². The van der Waals surface area contributed by atoms with Crippen molar-refractivity contribution >= 4 is 21.6 Å². The molecule has 1 saturated heterocycles. The number of carbonyl (C=O) groups is 1. The summed E-state index contributed by atoms with van der Waals surface area (Å²) in [7, 11) is -2.14. The van der Waals surface area contributed by atoms with Crippen molar-refractivity contribution in [3.05, 3.63) is 84.4 Å². The summed E-state index contributed by atoms with van der Waals surface area (Å²) >= 11 is 0. The molecule has 0 unspecified atom stereocenters. The summed E-state index contributed by atoms with van der Waals surface area (Å²) in [6, 6.07) is 21.9. The fraction of sp³-hybridized carbons (Fsp3) is 0.174. The average Bonchev–Trinajstić information content (AvgIpc) is 2.76. The average molecular weight is 439 g/mol. The third-order valence-corrected chi connectivity index (χ3v) is 6.31. The molecule has 1 amide bonds. The number of nitrogens with one attached hydrogen (secondary N) is 1. The van der Waals surface area contributed by atoms with Gasteiger partial charge in [0.15, 0.2) is 11.5 Å². The standard InChI is InChI=1S/C23H22N2O5S/c1-29-21-12-5-6-13-22(21)30-19-15-25(16-19)23(26)17-8-7-9-18(14-17)24-31(27,28)20-10-3-2-4-11-20/h2-14,19,24H,15-16H2,1H3. The zero-order chi connectivity index (χ0) is 21.8. The minimum absolute atomic E-state index is 0.125. The number of rotatable bonds is 7. The zero-order valence-electron chi connectivity index (χ0n) is 16.9. The van der Waals surface area contributed by atoms with Crippen molar-refractivity contribution in [2.45, 2.75) is 11.0 Å². The van der Waals surface area contributed by atoms with Crippen molar-refractivity contribution in [2.24, 2.45) is 0 Å². The van der Waals surface area contributed by atoms with Gasteiger partial charge in [0.25, 0.3) is 15.9 Å². The monoisotopic (exact) mass is 438 g/mol. The smallest absolute Gasteiger partial charge is 0.261 e. The van der Waals surface area contributed by atoms with E-state index in [1.165, 1.54) is 18.2 Å². The highest BCUT2D eigenvalue weighted by Gasteiger charge is 2.33. The van der Waals surface area contributed by atoms with Crippen molar-refractivity contribution < 1.29 is 22.7 Å². The number of ether oxygens (including phenoxy) is 2. The lowest BCUT2D eigenvalue weighted by Crippen LogP contribution is -2.56. The normalized spacial score (nSPS) is 13.9. The van der Waals surface area contributed by atoms with E-state index >= 15 is 0 Å². The topological polar surface area (TPSA) is 84.9 Å². The van der Waals surface area contributed by atoms with Crippen LogP contribution in [-0.4, -0.2) is 45.5 Å². The maximum Gasteiger partial charge on any atom is 0.261 e. The highest BCUT2D eigenvalue weighted by molar-refractivity contribution is 7.92. The number of amides is 1. The molecule has 4 rings (SSSR count). The van der Waals surface area contributed by atoms with Crippen molar-refractivity contribution in [2.75, 3.05) is 24.9 Å². The number of methoxy groups -OCH3 is 1. The van der Waals surface area contributed by atoms with Crippen molar-refractivity contribution in [3.8, 4) is 11.5 Å². The van der Waals surface area contributed by atoms with Crippen LogP contribution in [0.15, 0.2) is 83.8 Å². The number of nitrogens with zero attached hydrogens (tertiary/aromatic N) is 1. The van der Waals surface area contributed by atoms with Crippen LogP contribution in [0.1, 0.15) is 10.4 Å². The molecule has 8 heteroatoms. The van der Waals surface area contributed by atoms with Crippen LogP contribution in [0.5, 0.6) is 11.5 Å². The van der Waals surface area contributed by atoms with Crippen LogP contribution >= 0.6 is 0 Å². The van der Waals surface area contributed by atoms with Gasteiger partial charge in [0.05, 0.1) is 25.1 Å². The predicted molar refractivity (Wildman–Crippen MR) is 117 cm³/mol. The summed E-state index contributed by atoms with van der Waals surface area (Å²) < 4.78 is 38.8. The van der Waals surface area contributed by atoms with Crippen LogP contribution in [0.25, 0.3) is 0 Å². The highest BCUT2D eigenvalue weighted by atomic mass is 32.2. The molecule has 0 aromatic heterocycles. The number of anilines is 1. The van der Waals surface area contributed by atoms with E-state index in [4.69, 9.17) is 9.47 Å². The molecule has 0 radical (unpaired) electrons. The van der Waals surface area contributed by atoms with Gasteiger partial charge in [-0.2, -0.15) is 0 Å². The molecule has 1 fully saturated rings. The number of para-hydroxylation sites is 2. The molecule has 1 aliphatic rings. The van der Waals surface area contributed by atoms with Gasteiger partial charge in [0, 0.05) is 11.3 Å². The molecule has 1 N–H and O–H groups in total. The summed E-state index contributed by atoms with van der Waals surface area (Å²) in [5.74, 6) is 1.10. The van der Waals surface area contributed by atoms with Gasteiger partial charge in [-0.1, -0.05) is 36.4 Å². The van der Waals surface area contributed by atoms with E-state index in [1.54, 1.807) is 48.4 Å². The first-order valence-corrected chi connectivity index (χ1v) is 11.2. The van der Waals surface area contributed by atoms with Gasteiger partial charge in [-0.15, -0.1) is 0 Å². The Balaban J connectivity index is 1.39. The Morgan fingerprint density at radius 2 is 1.61 bits per heavy atom. The van der Waals surface area contributed by atoms with E-state index in [0.29, 0.717) is 35.8 Å². The van der Waals surface area contributed by atoms with Gasteiger partial charge in [0.1, 0.15) is 6.10 Å². The lowest BCUT2D eigenvalue weighted by Gasteiger charge is -2.39. The Labute approximate surface area is 181 Å². The van der Waals surface area contributed by atoms with Crippen molar-refractivity contribution in [3.63, 3.8) is 0 Å². The van der Waals surface area contributed by atoms with Gasteiger partial charge in [-0.05, 0) is 42.5 Å². The number of sulfonamides is 1. The first-order chi connectivity index (χ1) is 15.0. The van der Waals surface area contributed by atoms with Crippen LogP contribution in [0.4, 0.5) is 5.69 Å². The van der Waals surface area contributed by atoms with E-state index < -0.39 is 10.0 Å². The third-order valence-electron chi connectivity index (χ3n) is 4.91. The van der Waals surface area contributed by atoms with Crippen LogP contribution in [0.3, 0.4) is 0 Å². The molecule has 0 atom stereocenters.